The lowest BCUT2D eigenvalue weighted by Gasteiger charge is -2.26. The molecule has 0 spiro atoms. The lowest BCUT2D eigenvalue weighted by atomic mass is 10.1. The van der Waals surface area contributed by atoms with Gasteiger partial charge < -0.3 is 15.0 Å². The van der Waals surface area contributed by atoms with E-state index >= 15 is 0 Å². The minimum atomic E-state index is -0.471. The second-order valence-corrected chi connectivity index (χ2v) is 7.72. The van der Waals surface area contributed by atoms with E-state index in [-0.39, 0.29) is 18.0 Å². The number of nitrogens with zero attached hydrogens (tertiary/aromatic N) is 1. The number of ether oxygens (including phenoxy) is 1. The number of likely N-dealkylation sites (tertiary alicyclic amines) is 1. The van der Waals surface area contributed by atoms with E-state index in [4.69, 9.17) is 4.74 Å². The summed E-state index contributed by atoms with van der Waals surface area (Å²) < 4.78 is 19.2. The summed E-state index contributed by atoms with van der Waals surface area (Å²) in [4.78, 5) is 13.9. The van der Waals surface area contributed by atoms with Gasteiger partial charge in [0.2, 0.25) is 0 Å². The second kappa shape index (κ2) is 7.51. The van der Waals surface area contributed by atoms with Crippen molar-refractivity contribution in [2.24, 2.45) is 0 Å². The van der Waals surface area contributed by atoms with E-state index in [0.29, 0.717) is 17.6 Å². The molecule has 1 N–H and O–H groups in total. The van der Waals surface area contributed by atoms with Gasteiger partial charge in [-0.05, 0) is 74.2 Å². The van der Waals surface area contributed by atoms with Gasteiger partial charge in [0.15, 0.2) is 0 Å². The fourth-order valence-corrected chi connectivity index (χ4v) is 2.95. The van der Waals surface area contributed by atoms with Crippen LogP contribution in [0, 0.1) is 5.82 Å². The molecule has 0 bridgehead atoms. The zero-order chi connectivity index (χ0) is 17.0. The van der Waals surface area contributed by atoms with Crippen molar-refractivity contribution in [1.29, 1.82) is 0 Å². The second-order valence-electron chi connectivity index (χ2n) is 6.87. The summed E-state index contributed by atoms with van der Waals surface area (Å²) in [5.74, 6) is -0.271. The molecule has 1 aromatic carbocycles. The Kier molecular flexibility index (Phi) is 5.89. The molecular formula is C17H24BrFN2O2. The van der Waals surface area contributed by atoms with Crippen molar-refractivity contribution in [3.05, 3.63) is 28.5 Å². The van der Waals surface area contributed by atoms with Gasteiger partial charge >= 0.3 is 6.09 Å². The van der Waals surface area contributed by atoms with Crippen LogP contribution in [0.1, 0.15) is 40.0 Å². The van der Waals surface area contributed by atoms with Crippen LogP contribution in [0.2, 0.25) is 0 Å². The van der Waals surface area contributed by atoms with Crippen LogP contribution in [-0.4, -0.2) is 35.7 Å². The molecule has 0 radical (unpaired) electrons. The van der Waals surface area contributed by atoms with E-state index in [0.717, 1.165) is 24.9 Å². The van der Waals surface area contributed by atoms with Gasteiger partial charge in [-0.25, -0.2) is 9.18 Å². The molecule has 0 saturated carbocycles. The van der Waals surface area contributed by atoms with E-state index in [2.05, 4.69) is 21.2 Å². The highest BCUT2D eigenvalue weighted by atomic mass is 79.9. The SMILES string of the molecule is CC(C)(C)OC(=O)N1CCCC(Nc2ccc(F)c(Br)c2)CC1. The van der Waals surface area contributed by atoms with Gasteiger partial charge in [-0.2, -0.15) is 0 Å². The van der Waals surface area contributed by atoms with Crippen LogP contribution < -0.4 is 5.32 Å². The van der Waals surface area contributed by atoms with Crippen molar-refractivity contribution in [3.63, 3.8) is 0 Å². The third-order valence-electron chi connectivity index (χ3n) is 3.67. The number of carbonyl (C=O) groups excluding carboxylic acids is 1. The topological polar surface area (TPSA) is 41.6 Å². The minimum Gasteiger partial charge on any atom is -0.444 e. The molecule has 0 aromatic heterocycles. The molecule has 128 valence electrons. The van der Waals surface area contributed by atoms with E-state index in [1.165, 1.54) is 6.07 Å². The average Bonchev–Trinajstić information content (AvgIpc) is 2.67. The number of rotatable bonds is 2. The Morgan fingerprint density at radius 3 is 2.74 bits per heavy atom. The fraction of sp³-hybridized carbons (Fsp3) is 0.588. The number of nitrogens with one attached hydrogen (secondary N) is 1. The molecule has 1 aliphatic rings. The largest absolute Gasteiger partial charge is 0.444 e. The van der Waals surface area contributed by atoms with Crippen molar-refractivity contribution in [3.8, 4) is 0 Å². The maximum atomic E-state index is 13.3. The molecule has 23 heavy (non-hydrogen) atoms. The number of hydrogen-bond donors (Lipinski definition) is 1. The van der Waals surface area contributed by atoms with E-state index in [1.807, 2.05) is 20.8 Å². The molecule has 1 amide bonds. The molecule has 6 heteroatoms. The van der Waals surface area contributed by atoms with Crippen LogP contribution in [0.25, 0.3) is 0 Å². The first-order valence-electron chi connectivity index (χ1n) is 7.94. The lowest BCUT2D eigenvalue weighted by molar-refractivity contribution is 0.0256. The maximum absolute atomic E-state index is 13.3. The number of carbonyl (C=O) groups is 1. The van der Waals surface area contributed by atoms with Crippen LogP contribution in [-0.2, 0) is 4.74 Å². The fourth-order valence-electron chi connectivity index (χ4n) is 2.57. The molecule has 1 aromatic rings. The molecule has 1 saturated heterocycles. The van der Waals surface area contributed by atoms with Gasteiger partial charge in [-0.3, -0.25) is 0 Å². The Morgan fingerprint density at radius 2 is 2.09 bits per heavy atom. The average molecular weight is 387 g/mol. The predicted molar refractivity (Wildman–Crippen MR) is 93.2 cm³/mol. The Morgan fingerprint density at radius 1 is 1.35 bits per heavy atom. The van der Waals surface area contributed by atoms with Gasteiger partial charge in [0.05, 0.1) is 4.47 Å². The molecule has 1 unspecified atom stereocenters. The third-order valence-corrected chi connectivity index (χ3v) is 4.28. The molecule has 1 heterocycles. The van der Waals surface area contributed by atoms with Gasteiger partial charge in [-0.1, -0.05) is 0 Å². The zero-order valence-electron chi connectivity index (χ0n) is 13.9. The van der Waals surface area contributed by atoms with Crippen LogP contribution in [0.5, 0.6) is 0 Å². The van der Waals surface area contributed by atoms with Crippen molar-refractivity contribution >= 4 is 27.7 Å². The van der Waals surface area contributed by atoms with Crippen LogP contribution >= 0.6 is 15.9 Å². The van der Waals surface area contributed by atoms with E-state index in [9.17, 15) is 9.18 Å². The monoisotopic (exact) mass is 386 g/mol. The Hall–Kier alpha value is -1.30. The number of anilines is 1. The molecule has 2 rings (SSSR count). The first-order chi connectivity index (χ1) is 10.7. The number of benzene rings is 1. The van der Waals surface area contributed by atoms with Crippen molar-refractivity contribution in [2.45, 2.75) is 51.7 Å². The normalized spacial score (nSPS) is 19.2. The van der Waals surface area contributed by atoms with Gasteiger partial charge in [0.25, 0.3) is 0 Å². The van der Waals surface area contributed by atoms with E-state index in [1.54, 1.807) is 17.0 Å². The first kappa shape index (κ1) is 18.0. The highest BCUT2D eigenvalue weighted by Crippen LogP contribution is 2.23. The summed E-state index contributed by atoms with van der Waals surface area (Å²) >= 11 is 3.20. The maximum Gasteiger partial charge on any atom is 0.410 e. The lowest BCUT2D eigenvalue weighted by Crippen LogP contribution is -2.37. The van der Waals surface area contributed by atoms with Crippen molar-refractivity contribution in [2.75, 3.05) is 18.4 Å². The molecular weight excluding hydrogens is 363 g/mol. The van der Waals surface area contributed by atoms with Gasteiger partial charge in [0, 0.05) is 24.8 Å². The molecule has 1 atom stereocenters. The third kappa shape index (κ3) is 5.68. The number of halogens is 2. The Labute approximate surface area is 145 Å². The summed E-state index contributed by atoms with van der Waals surface area (Å²) in [7, 11) is 0. The highest BCUT2D eigenvalue weighted by molar-refractivity contribution is 9.10. The number of hydrogen-bond acceptors (Lipinski definition) is 3. The summed E-state index contributed by atoms with van der Waals surface area (Å²) in [6.07, 6.45) is 2.48. The summed E-state index contributed by atoms with van der Waals surface area (Å²) in [5, 5.41) is 3.42. The molecule has 1 aliphatic heterocycles. The summed E-state index contributed by atoms with van der Waals surface area (Å²) in [5.41, 5.74) is 0.413. The standard InChI is InChI=1S/C17H24BrFN2O2/c1-17(2,3)23-16(22)21-9-4-5-12(8-10-21)20-13-6-7-15(19)14(18)11-13/h6-7,11-12,20H,4-5,8-10H2,1-3H3. The Bertz CT molecular complexity index is 560. The molecule has 0 aliphatic carbocycles. The Balaban J connectivity index is 1.90. The van der Waals surface area contributed by atoms with Crippen molar-refractivity contribution < 1.29 is 13.9 Å². The van der Waals surface area contributed by atoms with Gasteiger partial charge in [-0.15, -0.1) is 0 Å². The highest BCUT2D eigenvalue weighted by Gasteiger charge is 2.25. The minimum absolute atomic E-state index is 0.248. The van der Waals surface area contributed by atoms with Crippen LogP contribution in [0.3, 0.4) is 0 Å². The van der Waals surface area contributed by atoms with Crippen LogP contribution in [0.4, 0.5) is 14.9 Å². The summed E-state index contributed by atoms with van der Waals surface area (Å²) in [6, 6.07) is 5.18. The predicted octanol–water partition coefficient (Wildman–Crippen LogP) is 4.79. The molecule has 1 fully saturated rings. The molecule has 4 nitrogen and oxygen atoms in total. The number of amides is 1. The smallest absolute Gasteiger partial charge is 0.410 e. The summed E-state index contributed by atoms with van der Waals surface area (Å²) in [6.45, 7) is 6.99. The van der Waals surface area contributed by atoms with Gasteiger partial charge in [0.1, 0.15) is 11.4 Å². The quantitative estimate of drug-likeness (QED) is 0.794. The first-order valence-corrected chi connectivity index (χ1v) is 8.73. The van der Waals surface area contributed by atoms with Crippen LogP contribution in [0.15, 0.2) is 22.7 Å². The zero-order valence-corrected chi connectivity index (χ0v) is 15.5. The van der Waals surface area contributed by atoms with Crippen molar-refractivity contribution in [1.82, 2.24) is 4.90 Å². The van der Waals surface area contributed by atoms with E-state index < -0.39 is 5.60 Å².